The van der Waals surface area contributed by atoms with Crippen LogP contribution in [0.5, 0.6) is 0 Å². The molecule has 0 saturated heterocycles. The zero-order chi connectivity index (χ0) is 23.2. The third-order valence-electron chi connectivity index (χ3n) is 3.48. The Hall–Kier alpha value is -1.41. The lowest BCUT2D eigenvalue weighted by Crippen LogP contribution is -2.18. The van der Waals surface area contributed by atoms with Gasteiger partial charge in [-0.2, -0.15) is 0 Å². The van der Waals surface area contributed by atoms with Gasteiger partial charge in [-0.3, -0.25) is 0 Å². The van der Waals surface area contributed by atoms with Crippen molar-refractivity contribution in [3.8, 4) is 0 Å². The van der Waals surface area contributed by atoms with Gasteiger partial charge in [-0.05, 0) is 11.1 Å². The van der Waals surface area contributed by atoms with Gasteiger partial charge in [-0.1, -0.05) is 36.5 Å². The maximum Gasteiger partial charge on any atom is 0.337 e. The highest BCUT2D eigenvalue weighted by Crippen LogP contribution is 2.33. The van der Waals surface area contributed by atoms with E-state index in [0.29, 0.717) is 0 Å². The first-order valence-corrected chi connectivity index (χ1v) is 10.3. The van der Waals surface area contributed by atoms with E-state index >= 15 is 0 Å². The van der Waals surface area contributed by atoms with Gasteiger partial charge in [0.1, 0.15) is 14.5 Å². The minimum absolute atomic E-state index is 0.193. The largest absolute Gasteiger partial charge is 0.478 e. The number of halogens is 6. The number of allylic oxidation sites excluding steroid dienone is 3. The van der Waals surface area contributed by atoms with E-state index in [2.05, 4.69) is 0 Å². The van der Waals surface area contributed by atoms with Crippen molar-refractivity contribution in [1.29, 1.82) is 0 Å². The second-order valence-corrected chi connectivity index (χ2v) is 8.85. The summed E-state index contributed by atoms with van der Waals surface area (Å²) in [6, 6.07) is 0. The smallest absolute Gasteiger partial charge is 0.337 e. The Balaban J connectivity index is 4.34. The van der Waals surface area contributed by atoms with Crippen molar-refractivity contribution in [3.63, 3.8) is 0 Å². The van der Waals surface area contributed by atoms with Crippen LogP contribution in [-0.4, -0.2) is 47.7 Å². The van der Waals surface area contributed by atoms with Crippen LogP contribution in [0, 0.1) is 0 Å². The van der Waals surface area contributed by atoms with E-state index in [-0.39, 0.29) is 11.1 Å². The monoisotopic (exact) mass is 534 g/mol. The third-order valence-corrected chi connectivity index (χ3v) is 4.36. The summed E-state index contributed by atoms with van der Waals surface area (Å²) in [6.45, 7) is 0. The quantitative estimate of drug-likeness (QED) is 0.322. The highest BCUT2D eigenvalue weighted by molar-refractivity contribution is 6.46. The van der Waals surface area contributed by atoms with Crippen LogP contribution in [0.15, 0.2) is 18.2 Å². The Bertz CT molecular complexity index is 934. The molecule has 0 amide bonds. The molecule has 0 aliphatic carbocycles. The highest BCUT2D eigenvalue weighted by atomic mass is 35.5. The summed E-state index contributed by atoms with van der Waals surface area (Å²) in [7, 11) is 0. The average molecular weight is 537 g/mol. The molecule has 0 aromatic heterocycles. The first-order chi connectivity index (χ1) is 13.9. The number of carboxylic acids is 3. The van der Waals surface area contributed by atoms with Crippen LogP contribution in [0.25, 0.3) is 18.2 Å². The van der Waals surface area contributed by atoms with Gasteiger partial charge in [0.15, 0.2) is 0 Å². The molecule has 0 saturated carbocycles. The van der Waals surface area contributed by atoms with Crippen molar-refractivity contribution >= 4 is 106 Å². The summed E-state index contributed by atoms with van der Waals surface area (Å²) in [5.41, 5.74) is -2.96. The second kappa shape index (κ2) is 11.8. The van der Waals surface area contributed by atoms with Crippen molar-refractivity contribution in [2.45, 2.75) is 14.5 Å². The lowest BCUT2D eigenvalue weighted by Gasteiger charge is -2.18. The normalized spacial score (nSPS) is 12.3. The lowest BCUT2D eigenvalue weighted by atomic mass is 9.85. The molecule has 0 radical (unpaired) electrons. The van der Waals surface area contributed by atoms with Crippen LogP contribution in [0.4, 0.5) is 0 Å². The van der Waals surface area contributed by atoms with Gasteiger partial charge in [0.25, 0.3) is 0 Å². The molecule has 3 N–H and O–H groups in total. The van der Waals surface area contributed by atoms with Crippen molar-refractivity contribution in [2.24, 2.45) is 0 Å². The van der Waals surface area contributed by atoms with Crippen LogP contribution in [-0.2, 0) is 0 Å². The molecule has 0 unspecified atom stereocenters. The predicted molar refractivity (Wildman–Crippen MR) is 121 cm³/mol. The van der Waals surface area contributed by atoms with Gasteiger partial charge >= 0.3 is 17.9 Å². The standard InChI is InChI=1S/C18H12Cl6O6/c19-10(20)4-1-7-8(2-5-11(21)22)14(17(27)28)15(18(29)30)9(3-6-12(23)24)13(7)16(25)26/h1-6,10-12H,(H,25,26)(H,27,28)(H,29,30)/b4-1+,5-2+,6-3+. The van der Waals surface area contributed by atoms with Crippen LogP contribution >= 0.6 is 69.6 Å². The first kappa shape index (κ1) is 26.6. The van der Waals surface area contributed by atoms with E-state index in [9.17, 15) is 29.7 Å². The fourth-order valence-electron chi connectivity index (χ4n) is 2.50. The summed E-state index contributed by atoms with van der Waals surface area (Å²) in [5.74, 6) is -4.89. The number of hydrogen-bond acceptors (Lipinski definition) is 3. The van der Waals surface area contributed by atoms with Crippen LogP contribution < -0.4 is 0 Å². The molecule has 162 valence electrons. The van der Waals surface area contributed by atoms with Crippen molar-refractivity contribution in [1.82, 2.24) is 0 Å². The number of carboxylic acid groups (broad SMARTS) is 3. The van der Waals surface area contributed by atoms with Gasteiger partial charge in [-0.15, -0.1) is 69.6 Å². The molecule has 0 aliphatic rings. The minimum Gasteiger partial charge on any atom is -0.478 e. The molecule has 1 aromatic carbocycles. The summed E-state index contributed by atoms with van der Waals surface area (Å²) >= 11 is 33.9. The number of benzene rings is 1. The molecule has 0 spiro atoms. The maximum absolute atomic E-state index is 12.1. The molecule has 0 fully saturated rings. The van der Waals surface area contributed by atoms with E-state index in [1.165, 1.54) is 6.08 Å². The van der Waals surface area contributed by atoms with Crippen LogP contribution in [0.2, 0.25) is 0 Å². The van der Waals surface area contributed by atoms with Crippen molar-refractivity contribution in [3.05, 3.63) is 51.6 Å². The van der Waals surface area contributed by atoms with Crippen molar-refractivity contribution in [2.75, 3.05) is 0 Å². The van der Waals surface area contributed by atoms with Gasteiger partial charge in [0.05, 0.1) is 16.7 Å². The zero-order valence-corrected chi connectivity index (χ0v) is 19.1. The van der Waals surface area contributed by atoms with E-state index < -0.39 is 54.7 Å². The predicted octanol–water partition coefficient (Wildman–Crippen LogP) is 6.23. The van der Waals surface area contributed by atoms with Gasteiger partial charge in [0, 0.05) is 5.56 Å². The molecule has 0 bridgehead atoms. The number of hydrogen-bond donors (Lipinski definition) is 3. The van der Waals surface area contributed by atoms with Crippen molar-refractivity contribution < 1.29 is 29.7 Å². The third kappa shape index (κ3) is 7.08. The topological polar surface area (TPSA) is 112 Å². The Labute approximate surface area is 200 Å². The summed E-state index contributed by atoms with van der Waals surface area (Å²) in [5, 5.41) is 29.2. The Morgan fingerprint density at radius 3 is 1.10 bits per heavy atom. The molecule has 1 aromatic rings. The molecule has 0 heterocycles. The van der Waals surface area contributed by atoms with Crippen LogP contribution in [0.3, 0.4) is 0 Å². The van der Waals surface area contributed by atoms with Crippen LogP contribution in [0.1, 0.15) is 47.8 Å². The molecular formula is C18H12Cl6O6. The minimum atomic E-state index is -1.69. The molecule has 0 atom stereocenters. The first-order valence-electron chi connectivity index (χ1n) is 7.71. The highest BCUT2D eigenvalue weighted by Gasteiger charge is 2.31. The summed E-state index contributed by atoms with van der Waals surface area (Å²) < 4.78 is 0. The van der Waals surface area contributed by atoms with E-state index in [0.717, 1.165) is 30.4 Å². The lowest BCUT2D eigenvalue weighted by molar-refractivity contribution is 0.0648. The fraction of sp³-hybridized carbons (Fsp3) is 0.167. The van der Waals surface area contributed by atoms with Gasteiger partial charge < -0.3 is 15.3 Å². The van der Waals surface area contributed by atoms with E-state index in [4.69, 9.17) is 69.6 Å². The molecule has 6 nitrogen and oxygen atoms in total. The Morgan fingerprint density at radius 1 is 0.533 bits per heavy atom. The SMILES string of the molecule is O=C(O)c1c(/C=C/C(Cl)Cl)c(/C=C/C(Cl)Cl)c(C(=O)O)c(C(=O)O)c1/C=C/C(Cl)Cl. The van der Waals surface area contributed by atoms with E-state index in [1.807, 2.05) is 0 Å². The van der Waals surface area contributed by atoms with Gasteiger partial charge in [0.2, 0.25) is 0 Å². The molecular weight excluding hydrogens is 525 g/mol. The molecule has 30 heavy (non-hydrogen) atoms. The number of alkyl halides is 6. The zero-order valence-electron chi connectivity index (χ0n) is 14.5. The number of rotatable bonds is 9. The molecule has 1 rings (SSSR count). The molecule has 0 aliphatic heterocycles. The van der Waals surface area contributed by atoms with E-state index in [1.54, 1.807) is 0 Å². The Morgan fingerprint density at radius 2 is 0.800 bits per heavy atom. The Kier molecular flexibility index (Phi) is 10.5. The number of carbonyl (C=O) groups is 3. The summed E-state index contributed by atoms with van der Waals surface area (Å²) in [6.07, 6.45) is 6.67. The second-order valence-electron chi connectivity index (χ2n) is 5.36. The molecule has 12 heteroatoms. The fourth-order valence-corrected chi connectivity index (χ4v) is 2.94. The maximum atomic E-state index is 12.1. The number of aromatic carboxylic acids is 3. The summed E-state index contributed by atoms with van der Waals surface area (Å²) in [4.78, 5) is 32.7. The van der Waals surface area contributed by atoms with Gasteiger partial charge in [-0.25, -0.2) is 14.4 Å². The average Bonchev–Trinajstić information content (AvgIpc) is 2.60.